The molecule has 11 heteroatoms. The van der Waals surface area contributed by atoms with Gasteiger partial charge in [0, 0.05) is 23.8 Å². The van der Waals surface area contributed by atoms with Crippen molar-refractivity contribution in [2.45, 2.75) is 51.0 Å². The highest BCUT2D eigenvalue weighted by Crippen LogP contribution is 2.34. The first-order chi connectivity index (χ1) is 16.8. The third-order valence-corrected chi connectivity index (χ3v) is 8.06. The first-order valence-corrected chi connectivity index (χ1v) is 15.0. The molecular formula is C25H30F2N2O6Si. The van der Waals surface area contributed by atoms with E-state index in [9.17, 15) is 28.3 Å². The summed E-state index contributed by atoms with van der Waals surface area (Å²) in [5.41, 5.74) is 1.11. The quantitative estimate of drug-likeness (QED) is 0.461. The lowest BCUT2D eigenvalue weighted by molar-refractivity contribution is -0.148. The number of carboxylic acid groups (broad SMARTS) is 1. The van der Waals surface area contributed by atoms with Crippen LogP contribution in [0.25, 0.3) is 0 Å². The molecule has 2 aromatic rings. The number of carbonyl (C=O) groups excluding carboxylic acids is 2. The van der Waals surface area contributed by atoms with E-state index in [4.69, 9.17) is 9.84 Å². The lowest BCUT2D eigenvalue weighted by Crippen LogP contribution is -2.49. The van der Waals surface area contributed by atoms with E-state index < -0.39 is 56.1 Å². The van der Waals surface area contributed by atoms with Crippen molar-refractivity contribution in [3.63, 3.8) is 0 Å². The Morgan fingerprint density at radius 3 is 2.36 bits per heavy atom. The van der Waals surface area contributed by atoms with Gasteiger partial charge in [0.05, 0.1) is 15.2 Å². The van der Waals surface area contributed by atoms with Gasteiger partial charge in [-0.2, -0.15) is 0 Å². The number of halogens is 2. The van der Waals surface area contributed by atoms with Crippen LogP contribution in [0, 0.1) is 11.6 Å². The predicted molar refractivity (Wildman–Crippen MR) is 132 cm³/mol. The van der Waals surface area contributed by atoms with Crippen LogP contribution < -0.4 is 15.2 Å². The van der Waals surface area contributed by atoms with Crippen LogP contribution in [0.3, 0.4) is 0 Å². The number of amides is 2. The molecule has 1 aliphatic heterocycles. The van der Waals surface area contributed by atoms with Crippen molar-refractivity contribution in [2.75, 3.05) is 19.0 Å². The van der Waals surface area contributed by atoms with Gasteiger partial charge in [0.2, 0.25) is 0 Å². The molecule has 0 spiro atoms. The molecule has 0 aliphatic carbocycles. The van der Waals surface area contributed by atoms with Crippen LogP contribution in [0.15, 0.2) is 30.3 Å². The monoisotopic (exact) mass is 520 g/mol. The number of aliphatic hydroxyl groups excluding tert-OH is 1. The Morgan fingerprint density at radius 1 is 1.17 bits per heavy atom. The number of fused-ring (bicyclic) bond motifs is 1. The highest BCUT2D eigenvalue weighted by atomic mass is 28.3. The summed E-state index contributed by atoms with van der Waals surface area (Å²) in [5, 5.41) is 21.7. The summed E-state index contributed by atoms with van der Waals surface area (Å²) in [6.45, 7) is 5.48. The summed E-state index contributed by atoms with van der Waals surface area (Å²) in [6.07, 6.45) is -2.00. The molecule has 0 radical (unpaired) electrons. The second kappa shape index (κ2) is 10.7. The van der Waals surface area contributed by atoms with Crippen molar-refractivity contribution in [1.29, 1.82) is 0 Å². The van der Waals surface area contributed by atoms with Crippen LogP contribution in [0.2, 0.25) is 19.6 Å². The van der Waals surface area contributed by atoms with Gasteiger partial charge in [-0.25, -0.2) is 8.78 Å². The molecule has 0 fully saturated rings. The molecule has 0 unspecified atom stereocenters. The van der Waals surface area contributed by atoms with Gasteiger partial charge in [-0.1, -0.05) is 25.7 Å². The van der Waals surface area contributed by atoms with Crippen molar-refractivity contribution in [1.82, 2.24) is 4.90 Å². The van der Waals surface area contributed by atoms with Crippen molar-refractivity contribution in [3.05, 3.63) is 53.1 Å². The lowest BCUT2D eigenvalue weighted by atomic mass is 9.91. The number of benzene rings is 2. The van der Waals surface area contributed by atoms with Gasteiger partial charge in [-0.3, -0.25) is 14.4 Å². The van der Waals surface area contributed by atoms with E-state index in [2.05, 4.69) is 5.32 Å². The normalized spacial score (nSPS) is 16.2. The molecule has 8 nitrogen and oxygen atoms in total. The van der Waals surface area contributed by atoms with Gasteiger partial charge in [-0.05, 0) is 48.2 Å². The summed E-state index contributed by atoms with van der Waals surface area (Å²) >= 11 is 0. The number of aliphatic hydroxyl groups is 1. The van der Waals surface area contributed by atoms with Gasteiger partial charge >= 0.3 is 5.97 Å². The maximum absolute atomic E-state index is 14.8. The van der Waals surface area contributed by atoms with E-state index in [1.165, 1.54) is 12.0 Å². The number of carbonyl (C=O) groups is 3. The fourth-order valence-electron chi connectivity index (χ4n) is 4.40. The third-order valence-electron chi connectivity index (χ3n) is 6.09. The summed E-state index contributed by atoms with van der Waals surface area (Å²) in [5.74, 6) is -3.65. The molecule has 194 valence electrons. The minimum atomic E-state index is -2.33. The minimum Gasteiger partial charge on any atom is -0.497 e. The minimum absolute atomic E-state index is 0.0222. The van der Waals surface area contributed by atoms with E-state index in [-0.39, 0.29) is 23.8 Å². The maximum Gasteiger partial charge on any atom is 0.303 e. The molecule has 0 aromatic heterocycles. The smallest absolute Gasteiger partial charge is 0.303 e. The molecule has 3 rings (SSSR count). The van der Waals surface area contributed by atoms with Crippen molar-refractivity contribution < 1.29 is 38.1 Å². The van der Waals surface area contributed by atoms with Crippen LogP contribution in [0.5, 0.6) is 5.75 Å². The average Bonchev–Trinajstić information content (AvgIpc) is 2.79. The predicted octanol–water partition coefficient (Wildman–Crippen LogP) is 2.81. The Morgan fingerprint density at radius 2 is 1.81 bits per heavy atom. The summed E-state index contributed by atoms with van der Waals surface area (Å²) < 4.78 is 34.8. The average molecular weight is 521 g/mol. The van der Waals surface area contributed by atoms with Crippen molar-refractivity contribution in [3.8, 4) is 5.75 Å². The summed E-state index contributed by atoms with van der Waals surface area (Å²) in [7, 11) is -0.829. The van der Waals surface area contributed by atoms with Crippen molar-refractivity contribution in [2.24, 2.45) is 0 Å². The zero-order chi connectivity index (χ0) is 26.8. The van der Waals surface area contributed by atoms with E-state index >= 15 is 0 Å². The fraction of sp³-hybridized carbons (Fsp3) is 0.400. The number of rotatable bonds is 8. The molecule has 2 aromatic carbocycles. The van der Waals surface area contributed by atoms with Crippen molar-refractivity contribution >= 4 is 36.7 Å². The van der Waals surface area contributed by atoms with Gasteiger partial charge in [-0.15, -0.1) is 0 Å². The molecule has 1 heterocycles. The van der Waals surface area contributed by atoms with Crippen LogP contribution in [-0.4, -0.2) is 60.7 Å². The van der Waals surface area contributed by atoms with Crippen LogP contribution >= 0.6 is 0 Å². The van der Waals surface area contributed by atoms with Gasteiger partial charge in [0.25, 0.3) is 11.8 Å². The Bertz CT molecular complexity index is 1160. The number of methoxy groups -OCH3 is 1. The molecule has 2 amide bonds. The first-order valence-electron chi connectivity index (χ1n) is 11.5. The van der Waals surface area contributed by atoms with Crippen LogP contribution in [0.1, 0.15) is 30.0 Å². The second-order valence-corrected chi connectivity index (χ2v) is 14.8. The molecule has 0 bridgehead atoms. The van der Waals surface area contributed by atoms with E-state index in [1.807, 2.05) is 0 Å². The number of nitrogens with zero attached hydrogens (tertiary/aromatic N) is 1. The third kappa shape index (κ3) is 5.90. The number of hydrogen-bond donors (Lipinski definition) is 3. The molecule has 36 heavy (non-hydrogen) atoms. The SMILES string of the molecule is COc1ccc2c(c1)CCN(C(=O)[C@@H](O)CCC(=O)O)[C@H]2C(=O)Nc1cc(F)c([Si](C)(C)C)c(F)c1. The van der Waals surface area contributed by atoms with Gasteiger partial charge < -0.3 is 25.2 Å². The zero-order valence-corrected chi connectivity index (χ0v) is 21.6. The first kappa shape index (κ1) is 27.3. The Balaban J connectivity index is 1.97. The molecule has 0 saturated heterocycles. The molecule has 0 saturated carbocycles. The number of hydrogen-bond acceptors (Lipinski definition) is 5. The Labute approximate surface area is 208 Å². The largest absolute Gasteiger partial charge is 0.497 e. The second-order valence-electron chi connectivity index (χ2n) is 9.75. The lowest BCUT2D eigenvalue weighted by Gasteiger charge is -2.37. The van der Waals surface area contributed by atoms with E-state index in [0.29, 0.717) is 17.7 Å². The highest BCUT2D eigenvalue weighted by Gasteiger charge is 2.38. The van der Waals surface area contributed by atoms with Crippen LogP contribution in [0.4, 0.5) is 14.5 Å². The fourth-order valence-corrected chi connectivity index (χ4v) is 5.98. The number of anilines is 1. The molecule has 3 N–H and O–H groups in total. The number of ether oxygens (including phenoxy) is 1. The van der Waals surface area contributed by atoms with E-state index in [0.717, 1.165) is 17.7 Å². The van der Waals surface area contributed by atoms with Crippen LogP contribution in [-0.2, 0) is 20.8 Å². The molecular weight excluding hydrogens is 490 g/mol. The Hall–Kier alpha value is -3.31. The van der Waals surface area contributed by atoms with Gasteiger partial charge in [0.15, 0.2) is 0 Å². The molecule has 1 aliphatic rings. The molecule has 2 atom stereocenters. The number of nitrogens with one attached hydrogen (secondary N) is 1. The zero-order valence-electron chi connectivity index (χ0n) is 20.6. The highest BCUT2D eigenvalue weighted by molar-refractivity contribution is 6.88. The number of carboxylic acids is 1. The standard InChI is InChI=1S/C25H30F2N2O6Si/c1-35-16-5-6-17-14(11-16)9-10-29(25(34)20(30)7-8-21(31)32)22(17)24(33)28-15-12-18(26)23(19(27)13-15)36(2,3)4/h5-6,11-13,20,22,30H,7-10H2,1-4H3,(H,28,33)(H,31,32)/t20-,22+/m0/s1. The summed E-state index contributed by atoms with van der Waals surface area (Å²) in [6, 6.07) is 5.88. The summed E-state index contributed by atoms with van der Waals surface area (Å²) in [4.78, 5) is 38.5. The Kier molecular flexibility index (Phi) is 8.14. The maximum atomic E-state index is 14.8. The number of aliphatic carboxylic acids is 1. The van der Waals surface area contributed by atoms with E-state index in [1.54, 1.807) is 37.8 Å². The topological polar surface area (TPSA) is 116 Å². The van der Waals surface area contributed by atoms with Gasteiger partial charge in [0.1, 0.15) is 29.5 Å².